The lowest BCUT2D eigenvalue weighted by atomic mass is 10.1. The summed E-state index contributed by atoms with van der Waals surface area (Å²) in [5.74, 6) is 0.460. The highest BCUT2D eigenvalue weighted by Crippen LogP contribution is 2.31. The SMILES string of the molecule is CC(C)N1CC(C(=O)N2CCCN(C(=O)C3CC3)CC2)CC1=O. The minimum absolute atomic E-state index is 0.0821. The first-order valence-corrected chi connectivity index (χ1v) is 8.84. The van der Waals surface area contributed by atoms with E-state index in [-0.39, 0.29) is 35.6 Å². The summed E-state index contributed by atoms with van der Waals surface area (Å²) >= 11 is 0. The van der Waals surface area contributed by atoms with Gasteiger partial charge in [-0.15, -0.1) is 0 Å². The Bertz CT molecular complexity index is 501. The van der Waals surface area contributed by atoms with Crippen molar-refractivity contribution < 1.29 is 14.4 Å². The summed E-state index contributed by atoms with van der Waals surface area (Å²) in [5, 5.41) is 0. The zero-order valence-corrected chi connectivity index (χ0v) is 14.2. The Morgan fingerprint density at radius 1 is 0.957 bits per heavy atom. The summed E-state index contributed by atoms with van der Waals surface area (Å²) in [7, 11) is 0. The van der Waals surface area contributed by atoms with Gasteiger partial charge in [-0.2, -0.15) is 0 Å². The summed E-state index contributed by atoms with van der Waals surface area (Å²) in [6.45, 7) is 7.19. The van der Waals surface area contributed by atoms with Crippen molar-refractivity contribution in [2.24, 2.45) is 11.8 Å². The van der Waals surface area contributed by atoms with Crippen LogP contribution in [0.1, 0.15) is 39.5 Å². The molecule has 3 aliphatic rings. The van der Waals surface area contributed by atoms with Gasteiger partial charge < -0.3 is 14.7 Å². The maximum atomic E-state index is 12.7. The molecular formula is C17H27N3O3. The van der Waals surface area contributed by atoms with Crippen molar-refractivity contribution in [1.82, 2.24) is 14.7 Å². The van der Waals surface area contributed by atoms with Crippen molar-refractivity contribution in [1.29, 1.82) is 0 Å². The largest absolute Gasteiger partial charge is 0.341 e. The van der Waals surface area contributed by atoms with E-state index < -0.39 is 0 Å². The first kappa shape index (κ1) is 16.3. The van der Waals surface area contributed by atoms with Gasteiger partial charge in [-0.1, -0.05) is 0 Å². The van der Waals surface area contributed by atoms with E-state index in [1.54, 1.807) is 4.90 Å². The molecule has 23 heavy (non-hydrogen) atoms. The number of nitrogens with zero attached hydrogens (tertiary/aromatic N) is 3. The van der Waals surface area contributed by atoms with Crippen molar-refractivity contribution in [3.05, 3.63) is 0 Å². The van der Waals surface area contributed by atoms with E-state index in [9.17, 15) is 14.4 Å². The molecule has 128 valence electrons. The average Bonchev–Trinajstić information content (AvgIpc) is 3.31. The third kappa shape index (κ3) is 3.51. The van der Waals surface area contributed by atoms with E-state index in [2.05, 4.69) is 0 Å². The van der Waals surface area contributed by atoms with Gasteiger partial charge in [-0.05, 0) is 33.1 Å². The highest BCUT2D eigenvalue weighted by Gasteiger charge is 2.39. The second-order valence-corrected chi connectivity index (χ2v) is 7.32. The molecule has 3 amide bonds. The number of carbonyl (C=O) groups is 3. The van der Waals surface area contributed by atoms with Crippen LogP contribution in [0.2, 0.25) is 0 Å². The minimum Gasteiger partial charge on any atom is -0.341 e. The molecule has 1 atom stereocenters. The lowest BCUT2D eigenvalue weighted by molar-refractivity contribution is -0.136. The van der Waals surface area contributed by atoms with Crippen molar-refractivity contribution in [3.63, 3.8) is 0 Å². The Labute approximate surface area is 137 Å². The molecule has 1 unspecified atom stereocenters. The van der Waals surface area contributed by atoms with Gasteiger partial charge in [0.2, 0.25) is 17.7 Å². The maximum Gasteiger partial charge on any atom is 0.228 e. The van der Waals surface area contributed by atoms with Gasteiger partial charge in [0.15, 0.2) is 0 Å². The van der Waals surface area contributed by atoms with Crippen LogP contribution in [-0.4, -0.2) is 71.2 Å². The Hall–Kier alpha value is -1.59. The van der Waals surface area contributed by atoms with Crippen LogP contribution in [0.3, 0.4) is 0 Å². The molecule has 3 rings (SSSR count). The molecule has 0 spiro atoms. The van der Waals surface area contributed by atoms with Gasteiger partial charge in [-0.3, -0.25) is 14.4 Å². The van der Waals surface area contributed by atoms with Crippen LogP contribution in [0.15, 0.2) is 0 Å². The summed E-state index contributed by atoms with van der Waals surface area (Å²) in [6.07, 6.45) is 3.21. The second-order valence-electron chi connectivity index (χ2n) is 7.32. The monoisotopic (exact) mass is 321 g/mol. The van der Waals surface area contributed by atoms with Crippen LogP contribution in [-0.2, 0) is 14.4 Å². The van der Waals surface area contributed by atoms with Crippen LogP contribution in [0, 0.1) is 11.8 Å². The van der Waals surface area contributed by atoms with Gasteiger partial charge in [0.25, 0.3) is 0 Å². The molecule has 6 heteroatoms. The molecule has 1 saturated carbocycles. The fraction of sp³-hybridized carbons (Fsp3) is 0.824. The van der Waals surface area contributed by atoms with Gasteiger partial charge in [0.05, 0.1) is 5.92 Å². The molecule has 6 nitrogen and oxygen atoms in total. The average molecular weight is 321 g/mol. The van der Waals surface area contributed by atoms with Gasteiger partial charge >= 0.3 is 0 Å². The Balaban J connectivity index is 1.56. The number of hydrogen-bond donors (Lipinski definition) is 0. The van der Waals surface area contributed by atoms with E-state index >= 15 is 0 Å². The predicted octanol–water partition coefficient (Wildman–Crippen LogP) is 0.714. The van der Waals surface area contributed by atoms with Crippen LogP contribution in [0.25, 0.3) is 0 Å². The third-order valence-corrected chi connectivity index (χ3v) is 5.18. The van der Waals surface area contributed by atoms with Crippen molar-refractivity contribution >= 4 is 17.7 Å². The number of likely N-dealkylation sites (tertiary alicyclic amines) is 1. The molecule has 2 heterocycles. The lowest BCUT2D eigenvalue weighted by Crippen LogP contribution is -2.41. The van der Waals surface area contributed by atoms with E-state index in [0.717, 1.165) is 25.8 Å². The number of amides is 3. The second kappa shape index (κ2) is 6.49. The minimum atomic E-state index is -0.212. The molecule has 3 fully saturated rings. The van der Waals surface area contributed by atoms with Gasteiger partial charge in [-0.25, -0.2) is 0 Å². The lowest BCUT2D eigenvalue weighted by Gasteiger charge is -2.25. The van der Waals surface area contributed by atoms with E-state index in [1.807, 2.05) is 23.6 Å². The highest BCUT2D eigenvalue weighted by molar-refractivity contribution is 5.89. The summed E-state index contributed by atoms with van der Waals surface area (Å²) in [5.41, 5.74) is 0. The molecule has 1 aliphatic carbocycles. The number of carbonyl (C=O) groups excluding carboxylic acids is 3. The van der Waals surface area contributed by atoms with Crippen LogP contribution < -0.4 is 0 Å². The van der Waals surface area contributed by atoms with Crippen molar-refractivity contribution in [2.75, 3.05) is 32.7 Å². The zero-order valence-electron chi connectivity index (χ0n) is 14.2. The fourth-order valence-electron chi connectivity index (χ4n) is 3.60. The Morgan fingerprint density at radius 2 is 1.52 bits per heavy atom. The van der Waals surface area contributed by atoms with Gasteiger partial charge in [0, 0.05) is 51.1 Å². The first-order valence-electron chi connectivity index (χ1n) is 8.84. The normalized spacial score (nSPS) is 26.0. The van der Waals surface area contributed by atoms with E-state index in [1.165, 1.54) is 0 Å². The molecule has 2 saturated heterocycles. The van der Waals surface area contributed by atoms with Gasteiger partial charge in [0.1, 0.15) is 0 Å². The summed E-state index contributed by atoms with van der Waals surface area (Å²) < 4.78 is 0. The molecule has 0 aromatic heterocycles. The summed E-state index contributed by atoms with van der Waals surface area (Å²) in [4.78, 5) is 42.5. The van der Waals surface area contributed by atoms with Crippen molar-refractivity contribution in [3.8, 4) is 0 Å². The molecule has 2 aliphatic heterocycles. The number of rotatable bonds is 3. The standard InChI is InChI=1S/C17H27N3O3/c1-12(2)20-11-14(10-15(20)21)17(23)19-7-3-6-18(8-9-19)16(22)13-4-5-13/h12-14H,3-11H2,1-2H3. The molecule has 0 radical (unpaired) electrons. The fourth-order valence-corrected chi connectivity index (χ4v) is 3.60. The van der Waals surface area contributed by atoms with E-state index in [4.69, 9.17) is 0 Å². The molecule has 0 aromatic rings. The molecule has 0 bridgehead atoms. The topological polar surface area (TPSA) is 60.9 Å². The zero-order chi connectivity index (χ0) is 16.6. The van der Waals surface area contributed by atoms with Crippen LogP contribution >= 0.6 is 0 Å². The van der Waals surface area contributed by atoms with Crippen LogP contribution in [0.5, 0.6) is 0 Å². The number of hydrogen-bond acceptors (Lipinski definition) is 3. The molecular weight excluding hydrogens is 294 g/mol. The van der Waals surface area contributed by atoms with Crippen molar-refractivity contribution in [2.45, 2.75) is 45.6 Å². The quantitative estimate of drug-likeness (QED) is 0.769. The highest BCUT2D eigenvalue weighted by atomic mass is 16.2. The Kier molecular flexibility index (Phi) is 4.60. The van der Waals surface area contributed by atoms with E-state index in [0.29, 0.717) is 32.6 Å². The first-order chi connectivity index (χ1) is 11.0. The maximum absolute atomic E-state index is 12.7. The summed E-state index contributed by atoms with van der Waals surface area (Å²) in [6, 6.07) is 0.149. The molecule has 0 aromatic carbocycles. The van der Waals surface area contributed by atoms with Crippen LogP contribution in [0.4, 0.5) is 0 Å². The smallest absolute Gasteiger partial charge is 0.228 e. The predicted molar refractivity (Wildman–Crippen MR) is 85.5 cm³/mol. The molecule has 0 N–H and O–H groups in total. The Morgan fingerprint density at radius 3 is 2.00 bits per heavy atom. The third-order valence-electron chi connectivity index (χ3n) is 5.18.